The lowest BCUT2D eigenvalue weighted by atomic mass is 10.1. The smallest absolute Gasteiger partial charge is 0.165 e. The minimum atomic E-state index is -0.597. The predicted molar refractivity (Wildman–Crippen MR) is 74.6 cm³/mol. The van der Waals surface area contributed by atoms with Gasteiger partial charge in [-0.3, -0.25) is 0 Å². The van der Waals surface area contributed by atoms with Gasteiger partial charge in [0.05, 0.1) is 6.04 Å². The first-order valence-corrected chi connectivity index (χ1v) is 6.52. The Labute approximate surface area is 117 Å². The summed E-state index contributed by atoms with van der Waals surface area (Å²) >= 11 is 0. The molecular weight excluding hydrogens is 260 g/mol. The van der Waals surface area contributed by atoms with E-state index in [1.807, 2.05) is 24.3 Å². The second-order valence-corrected chi connectivity index (χ2v) is 4.59. The Morgan fingerprint density at radius 2 is 1.80 bits per heavy atom. The van der Waals surface area contributed by atoms with Crippen molar-refractivity contribution in [2.24, 2.45) is 5.73 Å². The van der Waals surface area contributed by atoms with Gasteiger partial charge >= 0.3 is 0 Å². The van der Waals surface area contributed by atoms with E-state index in [-0.39, 0.29) is 18.4 Å². The third kappa shape index (κ3) is 3.54. The fraction of sp³-hybridized carbons (Fsp3) is 0.250. The van der Waals surface area contributed by atoms with E-state index in [0.717, 1.165) is 30.2 Å². The van der Waals surface area contributed by atoms with E-state index >= 15 is 0 Å². The van der Waals surface area contributed by atoms with Crippen molar-refractivity contribution < 1.29 is 13.5 Å². The molecule has 0 aliphatic heterocycles. The van der Waals surface area contributed by atoms with Crippen LogP contribution in [0.15, 0.2) is 42.5 Å². The van der Waals surface area contributed by atoms with Crippen molar-refractivity contribution in [3.8, 4) is 5.75 Å². The number of ether oxygens (including phenoxy) is 1. The lowest BCUT2D eigenvalue weighted by Gasteiger charge is -2.14. The first kappa shape index (κ1) is 14.5. The molecule has 2 rings (SSSR count). The minimum Gasteiger partial charge on any atom is -0.488 e. The molecule has 2 N–H and O–H groups in total. The summed E-state index contributed by atoms with van der Waals surface area (Å²) < 4.78 is 31.6. The zero-order valence-electron chi connectivity index (χ0n) is 11.3. The van der Waals surface area contributed by atoms with Crippen LogP contribution in [0, 0.1) is 11.6 Å². The van der Waals surface area contributed by atoms with E-state index in [1.165, 1.54) is 5.56 Å². The SMILES string of the molecule is CCc1ccc(C(N)COc2cc(F)ccc2F)cc1. The van der Waals surface area contributed by atoms with Crippen LogP contribution < -0.4 is 10.5 Å². The van der Waals surface area contributed by atoms with Crippen LogP contribution >= 0.6 is 0 Å². The van der Waals surface area contributed by atoms with Crippen LogP contribution in [0.5, 0.6) is 5.75 Å². The topological polar surface area (TPSA) is 35.2 Å². The predicted octanol–water partition coefficient (Wildman–Crippen LogP) is 3.61. The van der Waals surface area contributed by atoms with Crippen LogP contribution in [0.4, 0.5) is 8.78 Å². The molecule has 1 unspecified atom stereocenters. The number of benzene rings is 2. The molecule has 2 aromatic carbocycles. The molecule has 106 valence electrons. The highest BCUT2D eigenvalue weighted by Crippen LogP contribution is 2.20. The summed E-state index contributed by atoms with van der Waals surface area (Å²) in [7, 11) is 0. The second kappa shape index (κ2) is 6.48. The van der Waals surface area contributed by atoms with Gasteiger partial charge in [0, 0.05) is 6.07 Å². The van der Waals surface area contributed by atoms with Gasteiger partial charge in [-0.25, -0.2) is 8.78 Å². The van der Waals surface area contributed by atoms with Crippen LogP contribution in [-0.2, 0) is 6.42 Å². The number of rotatable bonds is 5. The van der Waals surface area contributed by atoms with E-state index in [2.05, 4.69) is 6.92 Å². The van der Waals surface area contributed by atoms with Crippen molar-refractivity contribution in [2.45, 2.75) is 19.4 Å². The van der Waals surface area contributed by atoms with E-state index in [1.54, 1.807) is 0 Å². The van der Waals surface area contributed by atoms with Crippen LogP contribution in [0.3, 0.4) is 0 Å². The molecule has 0 amide bonds. The Morgan fingerprint density at radius 1 is 1.10 bits per heavy atom. The second-order valence-electron chi connectivity index (χ2n) is 4.59. The van der Waals surface area contributed by atoms with Crippen molar-refractivity contribution in [1.82, 2.24) is 0 Å². The normalized spacial score (nSPS) is 12.2. The molecule has 0 saturated heterocycles. The Morgan fingerprint density at radius 3 is 2.45 bits per heavy atom. The van der Waals surface area contributed by atoms with E-state index in [4.69, 9.17) is 10.5 Å². The van der Waals surface area contributed by atoms with Crippen molar-refractivity contribution in [2.75, 3.05) is 6.61 Å². The number of hydrogen-bond acceptors (Lipinski definition) is 2. The van der Waals surface area contributed by atoms with Gasteiger partial charge in [-0.2, -0.15) is 0 Å². The quantitative estimate of drug-likeness (QED) is 0.906. The highest BCUT2D eigenvalue weighted by atomic mass is 19.1. The van der Waals surface area contributed by atoms with Gasteiger partial charge in [0.15, 0.2) is 11.6 Å². The molecule has 0 fully saturated rings. The Bertz CT molecular complexity index is 569. The van der Waals surface area contributed by atoms with E-state index in [0.29, 0.717) is 0 Å². The molecule has 2 nitrogen and oxygen atoms in total. The highest BCUT2D eigenvalue weighted by Gasteiger charge is 2.10. The zero-order valence-corrected chi connectivity index (χ0v) is 11.3. The molecule has 0 bridgehead atoms. The van der Waals surface area contributed by atoms with Gasteiger partial charge in [-0.05, 0) is 29.7 Å². The van der Waals surface area contributed by atoms with Gasteiger partial charge in [0.1, 0.15) is 12.4 Å². The first-order chi connectivity index (χ1) is 9.60. The third-order valence-corrected chi connectivity index (χ3v) is 3.13. The van der Waals surface area contributed by atoms with Gasteiger partial charge in [-0.1, -0.05) is 31.2 Å². The fourth-order valence-corrected chi connectivity index (χ4v) is 1.86. The van der Waals surface area contributed by atoms with Gasteiger partial charge in [0.25, 0.3) is 0 Å². The van der Waals surface area contributed by atoms with Gasteiger partial charge in [-0.15, -0.1) is 0 Å². The lowest BCUT2D eigenvalue weighted by molar-refractivity contribution is 0.276. The zero-order chi connectivity index (χ0) is 14.5. The maximum Gasteiger partial charge on any atom is 0.165 e. The summed E-state index contributed by atoms with van der Waals surface area (Å²) in [5.41, 5.74) is 8.10. The Kier molecular flexibility index (Phi) is 4.69. The van der Waals surface area contributed by atoms with Crippen LogP contribution in [0.1, 0.15) is 24.1 Å². The standard InChI is InChI=1S/C16H17F2NO/c1-2-11-3-5-12(6-4-11)15(19)10-20-16-9-13(17)7-8-14(16)18/h3-9,15H,2,10,19H2,1H3. The summed E-state index contributed by atoms with van der Waals surface area (Å²) in [4.78, 5) is 0. The third-order valence-electron chi connectivity index (χ3n) is 3.13. The molecule has 0 heterocycles. The molecule has 0 aliphatic rings. The number of aryl methyl sites for hydroxylation is 1. The lowest BCUT2D eigenvalue weighted by Crippen LogP contribution is -2.19. The molecule has 2 aromatic rings. The monoisotopic (exact) mass is 277 g/mol. The number of hydrogen-bond donors (Lipinski definition) is 1. The minimum absolute atomic E-state index is 0.0891. The fourth-order valence-electron chi connectivity index (χ4n) is 1.86. The van der Waals surface area contributed by atoms with Crippen molar-refractivity contribution in [3.63, 3.8) is 0 Å². The van der Waals surface area contributed by atoms with Gasteiger partial charge < -0.3 is 10.5 Å². The Balaban J connectivity index is 2.00. The van der Waals surface area contributed by atoms with Crippen LogP contribution in [-0.4, -0.2) is 6.61 Å². The van der Waals surface area contributed by atoms with Crippen molar-refractivity contribution in [1.29, 1.82) is 0 Å². The van der Waals surface area contributed by atoms with Crippen LogP contribution in [0.25, 0.3) is 0 Å². The summed E-state index contributed by atoms with van der Waals surface area (Å²) in [6, 6.07) is 10.6. The van der Waals surface area contributed by atoms with Gasteiger partial charge in [0.2, 0.25) is 0 Å². The molecule has 0 radical (unpaired) electrons. The first-order valence-electron chi connectivity index (χ1n) is 6.52. The Hall–Kier alpha value is -1.94. The van der Waals surface area contributed by atoms with Crippen LogP contribution in [0.2, 0.25) is 0 Å². The molecule has 0 aliphatic carbocycles. The molecule has 0 saturated carbocycles. The highest BCUT2D eigenvalue weighted by molar-refractivity contribution is 5.27. The molecule has 20 heavy (non-hydrogen) atoms. The van der Waals surface area contributed by atoms with E-state index in [9.17, 15) is 8.78 Å². The average Bonchev–Trinajstić information content (AvgIpc) is 2.48. The van der Waals surface area contributed by atoms with Crippen molar-refractivity contribution in [3.05, 3.63) is 65.2 Å². The van der Waals surface area contributed by atoms with Crippen molar-refractivity contribution >= 4 is 0 Å². The molecule has 1 atom stereocenters. The summed E-state index contributed by atoms with van der Waals surface area (Å²) in [6.45, 7) is 2.16. The largest absolute Gasteiger partial charge is 0.488 e. The summed E-state index contributed by atoms with van der Waals surface area (Å²) in [6.07, 6.45) is 0.959. The molecular formula is C16H17F2NO. The summed E-state index contributed by atoms with van der Waals surface area (Å²) in [5, 5.41) is 0. The summed E-state index contributed by atoms with van der Waals surface area (Å²) in [5.74, 6) is -1.26. The maximum atomic E-state index is 13.4. The van der Waals surface area contributed by atoms with E-state index < -0.39 is 11.6 Å². The maximum absolute atomic E-state index is 13.4. The number of halogens is 2. The molecule has 4 heteroatoms. The number of nitrogens with two attached hydrogens (primary N) is 1. The molecule has 0 spiro atoms. The molecule has 0 aromatic heterocycles. The average molecular weight is 277 g/mol.